The molecule has 1 N–H and O–H groups in total. The van der Waals surface area contributed by atoms with E-state index < -0.39 is 5.97 Å². The lowest BCUT2D eigenvalue weighted by Gasteiger charge is -2.09. The number of carbonyl (C=O) groups is 2. The van der Waals surface area contributed by atoms with Gasteiger partial charge in [-0.1, -0.05) is 36.4 Å². The number of ether oxygens (including phenoxy) is 2. The van der Waals surface area contributed by atoms with Crippen molar-refractivity contribution in [2.24, 2.45) is 0 Å². The molecule has 4 rings (SSSR count). The van der Waals surface area contributed by atoms with Gasteiger partial charge >= 0.3 is 5.97 Å². The average molecular weight is 449 g/mol. The Morgan fingerprint density at radius 1 is 1.06 bits per heavy atom. The number of carbonyl (C=O) groups excluding carboxylic acids is 2. The standard InChI is InChI=1S/C24H20N2O5S/c1-2-29-20(27)15-31-18-11-6-10-17(14-18)25-23(28)22-21(16-8-4-3-5-9-16)26-24(32-22)19-12-7-13-30-19/h3-14H,2,15H2,1H3,(H,25,28). The molecule has 0 aliphatic heterocycles. The van der Waals surface area contributed by atoms with Crippen LogP contribution in [-0.2, 0) is 9.53 Å². The summed E-state index contributed by atoms with van der Waals surface area (Å²) in [5.74, 6) is 0.284. The predicted octanol–water partition coefficient (Wildman–Crippen LogP) is 5.26. The van der Waals surface area contributed by atoms with Gasteiger partial charge in [-0.2, -0.15) is 0 Å². The first-order chi connectivity index (χ1) is 15.6. The number of esters is 1. The van der Waals surface area contributed by atoms with Crippen molar-refractivity contribution in [3.8, 4) is 27.8 Å². The van der Waals surface area contributed by atoms with Crippen molar-refractivity contribution in [2.45, 2.75) is 6.92 Å². The number of thiazole rings is 1. The van der Waals surface area contributed by atoms with Crippen LogP contribution in [0.15, 0.2) is 77.4 Å². The molecule has 4 aromatic rings. The van der Waals surface area contributed by atoms with E-state index in [0.717, 1.165) is 5.56 Å². The van der Waals surface area contributed by atoms with E-state index in [1.54, 1.807) is 49.6 Å². The first kappa shape index (κ1) is 21.3. The van der Waals surface area contributed by atoms with Crippen LogP contribution in [0.2, 0.25) is 0 Å². The van der Waals surface area contributed by atoms with E-state index in [2.05, 4.69) is 10.3 Å². The summed E-state index contributed by atoms with van der Waals surface area (Å²) < 4.78 is 15.8. The molecule has 7 nitrogen and oxygen atoms in total. The van der Waals surface area contributed by atoms with Crippen LogP contribution in [0.4, 0.5) is 5.69 Å². The summed E-state index contributed by atoms with van der Waals surface area (Å²) in [7, 11) is 0. The minimum atomic E-state index is -0.454. The molecule has 8 heteroatoms. The van der Waals surface area contributed by atoms with Crippen molar-refractivity contribution in [3.05, 3.63) is 77.9 Å². The third kappa shape index (κ3) is 5.04. The van der Waals surface area contributed by atoms with E-state index in [1.165, 1.54) is 11.3 Å². The third-order valence-corrected chi connectivity index (χ3v) is 5.44. The molecule has 2 aromatic heterocycles. The summed E-state index contributed by atoms with van der Waals surface area (Å²) in [5.41, 5.74) is 1.94. The minimum absolute atomic E-state index is 0.204. The number of benzene rings is 2. The molecule has 0 atom stereocenters. The number of nitrogens with one attached hydrogen (secondary N) is 1. The van der Waals surface area contributed by atoms with Crippen LogP contribution < -0.4 is 10.1 Å². The highest BCUT2D eigenvalue weighted by Crippen LogP contribution is 2.34. The predicted molar refractivity (Wildman–Crippen MR) is 122 cm³/mol. The highest BCUT2D eigenvalue weighted by atomic mass is 32.1. The molecule has 0 saturated carbocycles. The maximum atomic E-state index is 13.2. The van der Waals surface area contributed by atoms with Crippen molar-refractivity contribution in [3.63, 3.8) is 0 Å². The molecular weight excluding hydrogens is 428 g/mol. The second kappa shape index (κ2) is 9.93. The van der Waals surface area contributed by atoms with Gasteiger partial charge in [0.15, 0.2) is 17.4 Å². The summed E-state index contributed by atoms with van der Waals surface area (Å²) in [5, 5.41) is 3.50. The smallest absolute Gasteiger partial charge is 0.344 e. The van der Waals surface area contributed by atoms with Crippen molar-refractivity contribution < 1.29 is 23.5 Å². The first-order valence-corrected chi connectivity index (χ1v) is 10.8. The maximum Gasteiger partial charge on any atom is 0.344 e. The fourth-order valence-electron chi connectivity index (χ4n) is 2.97. The van der Waals surface area contributed by atoms with Gasteiger partial charge < -0.3 is 19.2 Å². The molecule has 0 bridgehead atoms. The molecule has 162 valence electrons. The van der Waals surface area contributed by atoms with E-state index in [0.29, 0.717) is 32.8 Å². The molecule has 0 spiro atoms. The summed E-state index contributed by atoms with van der Waals surface area (Å²) in [6, 6.07) is 19.9. The van der Waals surface area contributed by atoms with Gasteiger partial charge in [-0.05, 0) is 31.2 Å². The summed E-state index contributed by atoms with van der Waals surface area (Å²) in [6.45, 7) is 1.82. The summed E-state index contributed by atoms with van der Waals surface area (Å²) in [6.07, 6.45) is 1.57. The monoisotopic (exact) mass is 448 g/mol. The average Bonchev–Trinajstić information content (AvgIpc) is 3.49. The van der Waals surface area contributed by atoms with Crippen LogP contribution in [0.5, 0.6) is 5.75 Å². The number of hydrogen-bond acceptors (Lipinski definition) is 7. The molecule has 2 heterocycles. The van der Waals surface area contributed by atoms with E-state index in [-0.39, 0.29) is 19.1 Å². The third-order valence-electron chi connectivity index (χ3n) is 4.37. The molecule has 32 heavy (non-hydrogen) atoms. The highest BCUT2D eigenvalue weighted by Gasteiger charge is 2.21. The Kier molecular flexibility index (Phi) is 6.62. The zero-order chi connectivity index (χ0) is 22.3. The Labute approximate surface area is 188 Å². The van der Waals surface area contributed by atoms with Crippen molar-refractivity contribution in [2.75, 3.05) is 18.5 Å². The number of anilines is 1. The van der Waals surface area contributed by atoms with Crippen molar-refractivity contribution >= 4 is 28.9 Å². The lowest BCUT2D eigenvalue weighted by molar-refractivity contribution is -0.145. The van der Waals surface area contributed by atoms with Gasteiger partial charge in [-0.3, -0.25) is 4.79 Å². The van der Waals surface area contributed by atoms with Gasteiger partial charge in [0.25, 0.3) is 5.91 Å². The fraction of sp³-hybridized carbons (Fsp3) is 0.125. The second-order valence-electron chi connectivity index (χ2n) is 6.62. The number of aromatic nitrogens is 1. The van der Waals surface area contributed by atoms with Crippen LogP contribution in [0.3, 0.4) is 0 Å². The zero-order valence-corrected chi connectivity index (χ0v) is 18.1. The van der Waals surface area contributed by atoms with Crippen molar-refractivity contribution in [1.29, 1.82) is 0 Å². The van der Waals surface area contributed by atoms with Gasteiger partial charge in [0.05, 0.1) is 18.6 Å². The Morgan fingerprint density at radius 2 is 1.91 bits per heavy atom. The molecule has 0 saturated heterocycles. The van der Waals surface area contributed by atoms with Crippen LogP contribution in [0.25, 0.3) is 22.0 Å². The quantitative estimate of drug-likeness (QED) is 0.370. The lowest BCUT2D eigenvalue weighted by Crippen LogP contribution is -2.15. The molecule has 0 radical (unpaired) electrons. The van der Waals surface area contributed by atoms with Gasteiger partial charge in [0.1, 0.15) is 10.6 Å². The van der Waals surface area contributed by atoms with Crippen LogP contribution in [-0.4, -0.2) is 30.1 Å². The normalized spacial score (nSPS) is 10.5. The second-order valence-corrected chi connectivity index (χ2v) is 7.61. The molecule has 0 aliphatic rings. The van der Waals surface area contributed by atoms with Gasteiger partial charge in [0.2, 0.25) is 0 Å². The van der Waals surface area contributed by atoms with Crippen LogP contribution in [0.1, 0.15) is 16.6 Å². The molecule has 0 unspecified atom stereocenters. The Hall–Kier alpha value is -3.91. The van der Waals surface area contributed by atoms with Crippen molar-refractivity contribution in [1.82, 2.24) is 4.98 Å². The minimum Gasteiger partial charge on any atom is -0.482 e. The molecular formula is C24H20N2O5S. The van der Waals surface area contributed by atoms with E-state index >= 15 is 0 Å². The molecule has 0 aliphatic carbocycles. The van der Waals surface area contributed by atoms with E-state index in [1.807, 2.05) is 30.3 Å². The van der Waals surface area contributed by atoms with Crippen LogP contribution in [0, 0.1) is 0 Å². The largest absolute Gasteiger partial charge is 0.482 e. The van der Waals surface area contributed by atoms with E-state index in [9.17, 15) is 9.59 Å². The van der Waals surface area contributed by atoms with Gasteiger partial charge in [-0.15, -0.1) is 11.3 Å². The number of furan rings is 1. The van der Waals surface area contributed by atoms with E-state index in [4.69, 9.17) is 13.9 Å². The zero-order valence-electron chi connectivity index (χ0n) is 17.2. The number of nitrogens with zero attached hydrogens (tertiary/aromatic N) is 1. The SMILES string of the molecule is CCOC(=O)COc1cccc(NC(=O)c2sc(-c3ccco3)nc2-c2ccccc2)c1. The molecule has 1 amide bonds. The Balaban J connectivity index is 1.57. The number of hydrogen-bond donors (Lipinski definition) is 1. The number of amides is 1. The maximum absolute atomic E-state index is 13.2. The number of rotatable bonds is 8. The Morgan fingerprint density at radius 3 is 2.66 bits per heavy atom. The molecule has 0 fully saturated rings. The highest BCUT2D eigenvalue weighted by molar-refractivity contribution is 7.17. The first-order valence-electron chi connectivity index (χ1n) is 9.94. The Bertz CT molecular complexity index is 1200. The van der Waals surface area contributed by atoms with Gasteiger partial charge in [0, 0.05) is 17.3 Å². The summed E-state index contributed by atoms with van der Waals surface area (Å²) >= 11 is 1.25. The van der Waals surface area contributed by atoms with Gasteiger partial charge in [-0.25, -0.2) is 9.78 Å². The summed E-state index contributed by atoms with van der Waals surface area (Å²) in [4.78, 5) is 29.8. The van der Waals surface area contributed by atoms with Crippen LogP contribution >= 0.6 is 11.3 Å². The molecule has 2 aromatic carbocycles. The fourth-order valence-corrected chi connectivity index (χ4v) is 3.92. The lowest BCUT2D eigenvalue weighted by atomic mass is 10.1. The topological polar surface area (TPSA) is 90.7 Å².